The molecule has 0 saturated heterocycles. The Labute approximate surface area is 54.8 Å². The molecule has 0 aliphatic carbocycles. The molecule has 46 valence electrons. The molecule has 0 saturated carbocycles. The summed E-state index contributed by atoms with van der Waals surface area (Å²) in [6.45, 7) is 0. The van der Waals surface area contributed by atoms with Crippen molar-refractivity contribution >= 4 is 39.8 Å². The third-order valence-electron chi connectivity index (χ3n) is 0.162. The molecule has 0 heterocycles. The first-order valence-corrected chi connectivity index (χ1v) is 6.05. The SMILES string of the molecule is FI(Cl)C(F)(F)Cl. The van der Waals surface area contributed by atoms with Crippen molar-refractivity contribution in [3.63, 3.8) is 0 Å². The summed E-state index contributed by atoms with van der Waals surface area (Å²) >= 11 is -0.00522. The van der Waals surface area contributed by atoms with Gasteiger partial charge in [0, 0.05) is 0 Å². The summed E-state index contributed by atoms with van der Waals surface area (Å²) in [5, 5.41) is 0. The number of alkyl halides is 4. The van der Waals surface area contributed by atoms with E-state index in [0.29, 0.717) is 0 Å². The molecule has 0 N–H and O–H groups in total. The Morgan fingerprint density at radius 3 is 1.57 bits per heavy atom. The van der Waals surface area contributed by atoms with E-state index in [1.807, 2.05) is 0 Å². The van der Waals surface area contributed by atoms with E-state index < -0.39 is 22.7 Å². The van der Waals surface area contributed by atoms with Gasteiger partial charge in [-0.3, -0.25) is 0 Å². The summed E-state index contributed by atoms with van der Waals surface area (Å²) in [6.07, 6.45) is 0. The van der Waals surface area contributed by atoms with Gasteiger partial charge in [0.05, 0.1) is 0 Å². The van der Waals surface area contributed by atoms with Crippen LogP contribution in [0.25, 0.3) is 0 Å². The Balaban J connectivity index is 3.54. The summed E-state index contributed by atoms with van der Waals surface area (Å²) in [5.41, 5.74) is 0. The maximum absolute atomic E-state index is 11.2. The van der Waals surface area contributed by atoms with Gasteiger partial charge in [0.15, 0.2) is 0 Å². The fourth-order valence-electron chi connectivity index (χ4n) is 0. The molecule has 0 aliphatic rings. The third kappa shape index (κ3) is 3.66. The van der Waals surface area contributed by atoms with Crippen LogP contribution in [0, 0.1) is 0 Å². The van der Waals surface area contributed by atoms with E-state index in [0.717, 1.165) is 0 Å². The second-order valence-corrected chi connectivity index (χ2v) is 5.90. The van der Waals surface area contributed by atoms with Crippen molar-refractivity contribution in [3.05, 3.63) is 0 Å². The van der Waals surface area contributed by atoms with Crippen LogP contribution in [0.1, 0.15) is 0 Å². The summed E-state index contributed by atoms with van der Waals surface area (Å²) in [5.74, 6) is 0. The van der Waals surface area contributed by atoms with Gasteiger partial charge in [-0.15, -0.1) is 0 Å². The third-order valence-corrected chi connectivity index (χ3v) is 3.62. The number of rotatable bonds is 1. The van der Waals surface area contributed by atoms with Crippen LogP contribution in [0.5, 0.6) is 0 Å². The minimum atomic E-state index is -4.10. The Hall–Kier alpha value is 1.10. The Bertz CT molecular complexity index is 58.4. The van der Waals surface area contributed by atoms with Crippen LogP contribution >= 0.6 is 39.8 Å². The molecule has 0 atom stereocenters. The van der Waals surface area contributed by atoms with Crippen LogP contribution in [0.15, 0.2) is 0 Å². The van der Waals surface area contributed by atoms with E-state index in [2.05, 4.69) is 20.5 Å². The van der Waals surface area contributed by atoms with Crippen molar-refractivity contribution in [2.24, 2.45) is 0 Å². The summed E-state index contributed by atoms with van der Waals surface area (Å²) < 4.78 is 29.8. The summed E-state index contributed by atoms with van der Waals surface area (Å²) in [6, 6.07) is 0. The van der Waals surface area contributed by atoms with Gasteiger partial charge < -0.3 is 0 Å². The molecule has 0 aromatic carbocycles. The van der Waals surface area contributed by atoms with Crippen LogP contribution in [0.3, 0.4) is 0 Å². The zero-order valence-corrected chi connectivity index (χ0v) is 6.44. The van der Waals surface area contributed by atoms with Gasteiger partial charge in [-0.2, -0.15) is 0 Å². The van der Waals surface area contributed by atoms with E-state index in [4.69, 9.17) is 0 Å². The van der Waals surface area contributed by atoms with Crippen LogP contribution in [0.4, 0.5) is 11.6 Å². The molecule has 7 heavy (non-hydrogen) atoms. The zero-order chi connectivity index (χ0) is 6.08. The molecular weight excluding hydrogens is 267 g/mol. The molecule has 0 amide bonds. The van der Waals surface area contributed by atoms with Crippen molar-refractivity contribution in [1.82, 2.24) is 0 Å². The van der Waals surface area contributed by atoms with Crippen LogP contribution in [0.2, 0.25) is 0 Å². The topological polar surface area (TPSA) is 0 Å². The monoisotopic (exact) mass is 266 g/mol. The Morgan fingerprint density at radius 1 is 1.43 bits per heavy atom. The van der Waals surface area contributed by atoms with E-state index in [9.17, 15) is 11.6 Å². The average Bonchev–Trinajstić information content (AvgIpc) is 1.31. The van der Waals surface area contributed by atoms with Gasteiger partial charge in [0.2, 0.25) is 0 Å². The fraction of sp³-hybridized carbons (Fsp3) is 1.00. The second-order valence-electron chi connectivity index (χ2n) is 0.625. The molecule has 0 bridgehead atoms. The molecule has 0 unspecified atom stereocenters. The van der Waals surface area contributed by atoms with Crippen molar-refractivity contribution in [2.75, 3.05) is 0 Å². The molecule has 0 aromatic rings. The molecule has 0 fully saturated rings. The molecule has 0 aromatic heterocycles. The molecular formula is CCl2F3I. The van der Waals surface area contributed by atoms with Crippen LogP contribution in [-0.2, 0) is 0 Å². The molecule has 0 radical (unpaired) electrons. The second kappa shape index (κ2) is 2.59. The molecule has 0 aliphatic heterocycles. The minimum absolute atomic E-state index is 3.77. The summed E-state index contributed by atoms with van der Waals surface area (Å²) in [4.78, 5) is 0. The van der Waals surface area contributed by atoms with Crippen molar-refractivity contribution in [3.8, 4) is 0 Å². The molecule has 0 rings (SSSR count). The van der Waals surface area contributed by atoms with Crippen LogP contribution in [-0.4, -0.2) is 3.39 Å². The molecule has 6 heteroatoms. The normalized spacial score (nSPS) is 14.1. The van der Waals surface area contributed by atoms with Crippen molar-refractivity contribution < 1.29 is 11.6 Å². The standard InChI is InChI=1S/CCl2F3I/c2-1(4,5)7(3)6. The van der Waals surface area contributed by atoms with Gasteiger partial charge in [0.25, 0.3) is 0 Å². The number of hydrogen-bond donors (Lipinski definition) is 0. The zero-order valence-electron chi connectivity index (χ0n) is 2.77. The van der Waals surface area contributed by atoms with E-state index >= 15 is 0 Å². The van der Waals surface area contributed by atoms with E-state index in [1.165, 1.54) is 0 Å². The predicted molar refractivity (Wildman–Crippen MR) is 31.8 cm³/mol. The van der Waals surface area contributed by atoms with Gasteiger partial charge in [0.1, 0.15) is 0 Å². The Morgan fingerprint density at radius 2 is 1.57 bits per heavy atom. The Kier molecular flexibility index (Phi) is 3.00. The number of halogens is 6. The van der Waals surface area contributed by atoms with Gasteiger partial charge in [-0.25, -0.2) is 0 Å². The molecule has 0 spiro atoms. The van der Waals surface area contributed by atoms with Crippen LogP contribution < -0.4 is 0 Å². The molecule has 0 nitrogen and oxygen atoms in total. The number of hydrogen-bond acceptors (Lipinski definition) is 0. The van der Waals surface area contributed by atoms with Gasteiger partial charge in [-0.1, -0.05) is 0 Å². The van der Waals surface area contributed by atoms with Gasteiger partial charge in [-0.05, 0) is 0 Å². The van der Waals surface area contributed by atoms with Gasteiger partial charge >= 0.3 is 54.8 Å². The quantitative estimate of drug-likeness (QED) is 0.505. The first kappa shape index (κ1) is 8.10. The van der Waals surface area contributed by atoms with Crippen molar-refractivity contribution in [2.45, 2.75) is 3.39 Å². The fourth-order valence-corrected chi connectivity index (χ4v) is 0. The predicted octanol–water partition coefficient (Wildman–Crippen LogP) is 3.32. The van der Waals surface area contributed by atoms with Crippen molar-refractivity contribution in [1.29, 1.82) is 0 Å². The summed E-state index contributed by atoms with van der Waals surface area (Å²) in [7, 11) is 4.36. The maximum atomic E-state index is 11.2. The first-order chi connectivity index (χ1) is 2.94. The first-order valence-electron chi connectivity index (χ1n) is 1.04. The average molecular weight is 267 g/mol. The van der Waals surface area contributed by atoms with E-state index in [-0.39, 0.29) is 0 Å². The van der Waals surface area contributed by atoms with E-state index in [1.54, 1.807) is 0 Å².